The van der Waals surface area contributed by atoms with Gasteiger partial charge in [0.05, 0.1) is 16.6 Å². The van der Waals surface area contributed by atoms with Gasteiger partial charge >= 0.3 is 0 Å². The molecule has 9 aromatic carbocycles. The number of aromatic nitrogens is 3. The van der Waals surface area contributed by atoms with Crippen LogP contribution in [0.2, 0.25) is 0 Å². The van der Waals surface area contributed by atoms with Crippen LogP contribution in [0, 0.1) is 18.8 Å². The summed E-state index contributed by atoms with van der Waals surface area (Å²) in [6.45, 7) is 16.0. The molecule has 14 rings (SSSR count). The fourth-order valence-electron chi connectivity index (χ4n) is 11.5. The first-order chi connectivity index (χ1) is 36.0. The van der Waals surface area contributed by atoms with Crippen LogP contribution in [0.5, 0.6) is 11.5 Å². The first-order valence-electron chi connectivity index (χ1n) is 25.5. The molecule has 1 aliphatic heterocycles. The van der Waals surface area contributed by atoms with Gasteiger partial charge in [0.15, 0.2) is 5.65 Å². The van der Waals surface area contributed by atoms with E-state index in [0.717, 1.165) is 83.3 Å². The summed E-state index contributed by atoms with van der Waals surface area (Å²) in [5.74, 6) is 1.17. The Morgan fingerprint density at radius 3 is 1.73 bits per heavy atom. The largest absolute Gasteiger partial charge is 0.509 e. The van der Waals surface area contributed by atoms with E-state index in [9.17, 15) is 0 Å². The fourth-order valence-corrected chi connectivity index (χ4v) is 11.5. The average Bonchev–Trinajstić information content (AvgIpc) is 4.11. The van der Waals surface area contributed by atoms with Gasteiger partial charge in [-0.05, 0) is 68.8 Å². The van der Waals surface area contributed by atoms with Crippen molar-refractivity contribution in [2.45, 2.75) is 52.4 Å². The van der Waals surface area contributed by atoms with E-state index in [1.54, 1.807) is 0 Å². The molecule has 0 unspecified atom stereocenters. The minimum Gasteiger partial charge on any atom is -0.509 e. The third-order valence-electron chi connectivity index (χ3n) is 15.1. The quantitative estimate of drug-likeness (QED) is 0.156. The number of fused-ring (bicyclic) bond motifs is 11. The van der Waals surface area contributed by atoms with Gasteiger partial charge < -0.3 is 23.3 Å². The van der Waals surface area contributed by atoms with Crippen LogP contribution >= 0.6 is 0 Å². The molecule has 0 saturated carbocycles. The third kappa shape index (κ3) is 7.44. The molecule has 0 radical (unpaired) electrons. The van der Waals surface area contributed by atoms with Crippen molar-refractivity contribution in [1.82, 2.24) is 13.8 Å². The van der Waals surface area contributed by atoms with E-state index < -0.39 is 0 Å². The van der Waals surface area contributed by atoms with Crippen molar-refractivity contribution in [2.75, 3.05) is 9.80 Å². The Balaban J connectivity index is 0.00000541. The molecular weight excluding hydrogens is 1100 g/mol. The van der Waals surface area contributed by atoms with Crippen molar-refractivity contribution < 1.29 is 25.8 Å². The molecule has 368 valence electrons. The van der Waals surface area contributed by atoms with E-state index in [-0.39, 0.29) is 31.9 Å². The van der Waals surface area contributed by atoms with Gasteiger partial charge in [-0.25, -0.2) is 4.98 Å². The smallest absolute Gasteiger partial charge is 0.160 e. The van der Waals surface area contributed by atoms with Crippen LogP contribution in [0.1, 0.15) is 52.7 Å². The van der Waals surface area contributed by atoms with E-state index in [1.807, 2.05) is 30.5 Å². The molecule has 6 nitrogen and oxygen atoms in total. The van der Waals surface area contributed by atoms with E-state index in [2.05, 4.69) is 249 Å². The van der Waals surface area contributed by atoms with E-state index in [1.165, 1.54) is 38.4 Å². The SMILES string of the molecule is CC(C)(C)c1cc(-c2cccc(-c3ccccc3)c2N2[CH-]N(c3[c-]c(Oc4[c-]c5c(cc4)c4cccc6c7cccc8c9ccccc9n(c9cccnc9n5c46)c87)ccc3)c3ccccc32)cc(C(C)(C)C)c1.[Pt]. The van der Waals surface area contributed by atoms with Crippen LogP contribution in [0.4, 0.5) is 22.7 Å². The van der Waals surface area contributed by atoms with Gasteiger partial charge in [-0.1, -0.05) is 181 Å². The van der Waals surface area contributed by atoms with Gasteiger partial charge in [-0.15, -0.1) is 48.1 Å². The molecule has 13 aromatic rings. The predicted molar refractivity (Wildman–Crippen MR) is 308 cm³/mol. The number of anilines is 4. The number of hydrogen-bond donors (Lipinski definition) is 0. The summed E-state index contributed by atoms with van der Waals surface area (Å²) in [7, 11) is 0. The number of hydrogen-bond acceptors (Lipinski definition) is 4. The second-order valence-electron chi connectivity index (χ2n) is 21.7. The zero-order valence-corrected chi connectivity index (χ0v) is 44.9. The second kappa shape index (κ2) is 17.5. The van der Waals surface area contributed by atoms with Crippen molar-refractivity contribution >= 4 is 88.3 Å². The maximum atomic E-state index is 6.85. The van der Waals surface area contributed by atoms with Gasteiger partial charge in [-0.3, -0.25) is 0 Å². The Morgan fingerprint density at radius 1 is 0.453 bits per heavy atom. The Bertz CT molecular complexity index is 4390. The van der Waals surface area contributed by atoms with E-state index in [4.69, 9.17) is 9.72 Å². The van der Waals surface area contributed by atoms with Crippen molar-refractivity contribution in [1.29, 1.82) is 0 Å². The van der Waals surface area contributed by atoms with Gasteiger partial charge in [0.25, 0.3) is 0 Å². The summed E-state index contributed by atoms with van der Waals surface area (Å²) < 4.78 is 11.5. The molecule has 0 amide bonds. The first kappa shape index (κ1) is 46.6. The Hall–Kier alpha value is -8.18. The second-order valence-corrected chi connectivity index (χ2v) is 21.7. The number of para-hydroxylation sites is 6. The molecule has 7 heteroatoms. The molecule has 0 saturated heterocycles. The zero-order chi connectivity index (χ0) is 50.0. The van der Waals surface area contributed by atoms with Gasteiger partial charge in [-0.2, -0.15) is 12.1 Å². The van der Waals surface area contributed by atoms with Crippen LogP contribution in [0.15, 0.2) is 200 Å². The number of nitrogens with zero attached hydrogens (tertiary/aromatic N) is 5. The van der Waals surface area contributed by atoms with Crippen LogP contribution in [0.25, 0.3) is 87.8 Å². The van der Waals surface area contributed by atoms with E-state index in [0.29, 0.717) is 11.5 Å². The monoisotopic (exact) mass is 1150 g/mol. The fraction of sp³-hybridized carbons (Fsp3) is 0.118. The van der Waals surface area contributed by atoms with Gasteiger partial charge in [0, 0.05) is 94.0 Å². The van der Waals surface area contributed by atoms with Crippen LogP contribution in [0.3, 0.4) is 0 Å². The third-order valence-corrected chi connectivity index (χ3v) is 15.1. The number of rotatable bonds is 6. The van der Waals surface area contributed by atoms with Gasteiger partial charge in [0.1, 0.15) is 0 Å². The van der Waals surface area contributed by atoms with Crippen molar-refractivity contribution in [2.24, 2.45) is 0 Å². The average molecular weight is 1150 g/mol. The topological polar surface area (TPSA) is 37.4 Å². The summed E-state index contributed by atoms with van der Waals surface area (Å²) in [6.07, 6.45) is 1.89. The van der Waals surface area contributed by atoms with Crippen molar-refractivity contribution in [3.05, 3.63) is 230 Å². The van der Waals surface area contributed by atoms with Crippen LogP contribution < -0.4 is 14.5 Å². The molecule has 0 atom stereocenters. The molecule has 0 bridgehead atoms. The van der Waals surface area contributed by atoms with E-state index >= 15 is 0 Å². The molecule has 4 aromatic heterocycles. The molecule has 75 heavy (non-hydrogen) atoms. The predicted octanol–water partition coefficient (Wildman–Crippen LogP) is 18.1. The normalized spacial score (nSPS) is 13.0. The summed E-state index contributed by atoms with van der Waals surface area (Å²) in [4.78, 5) is 9.76. The standard InChI is InChI=1S/C68H52N5O.Pt/c1-67(2,3)45-37-44(38-46(39-45)68(4,5)6)51-25-15-24-50(43-19-8-7-9-20-43)63(51)71-42-70(59-31-12-13-32-60(59)71)47-21-14-22-48(40-47)74-49-34-35-53-55-27-17-29-57-56-28-16-26-54-52-23-10-11-30-58(52)72(64(54)56)61-33-18-36-69-66(61)73(65(55)57)62(53)41-49;/h7-39,42H,1-6H3;/q-3;. The molecular formula is C68H52N5OPt-3. The minimum atomic E-state index is -0.0425. The maximum absolute atomic E-state index is 6.85. The summed E-state index contributed by atoms with van der Waals surface area (Å²) in [5, 5.41) is 6.96. The number of pyridine rings is 1. The molecule has 0 N–H and O–H groups in total. The minimum absolute atomic E-state index is 0. The van der Waals surface area contributed by atoms with Crippen LogP contribution in [-0.4, -0.2) is 13.8 Å². The molecule has 0 aliphatic carbocycles. The summed E-state index contributed by atoms with van der Waals surface area (Å²) in [5.41, 5.74) is 17.4. The Morgan fingerprint density at radius 2 is 1.01 bits per heavy atom. The Kier molecular flexibility index (Phi) is 10.9. The first-order valence-corrected chi connectivity index (χ1v) is 25.5. The molecule has 1 aliphatic rings. The molecule has 0 spiro atoms. The maximum Gasteiger partial charge on any atom is 0.160 e. The van der Waals surface area contributed by atoms with Crippen molar-refractivity contribution in [3.63, 3.8) is 0 Å². The molecule has 0 fully saturated rings. The van der Waals surface area contributed by atoms with Gasteiger partial charge in [0.2, 0.25) is 0 Å². The number of ether oxygens (including phenoxy) is 1. The Labute approximate surface area is 451 Å². The summed E-state index contributed by atoms with van der Waals surface area (Å²) >= 11 is 0. The molecule has 5 heterocycles. The van der Waals surface area contributed by atoms with Crippen molar-refractivity contribution in [3.8, 4) is 33.8 Å². The number of benzene rings is 9. The van der Waals surface area contributed by atoms with Crippen LogP contribution in [-0.2, 0) is 31.9 Å². The zero-order valence-electron chi connectivity index (χ0n) is 42.6. The summed E-state index contributed by atoms with van der Waals surface area (Å²) in [6, 6.07) is 77.2.